The zero-order valence-corrected chi connectivity index (χ0v) is 8.88. The second-order valence-corrected chi connectivity index (χ2v) is 4.27. The third kappa shape index (κ3) is 2.58. The number of esters is 1. The fourth-order valence-corrected chi connectivity index (χ4v) is 1.72. The van der Waals surface area contributed by atoms with E-state index in [0.29, 0.717) is 12.8 Å². The number of ether oxygens (including phenoxy) is 1. The van der Waals surface area contributed by atoms with E-state index < -0.39 is 11.6 Å². The largest absolute Gasteiger partial charge is 0.461 e. The first-order valence-electron chi connectivity index (χ1n) is 5.04. The van der Waals surface area contributed by atoms with E-state index in [-0.39, 0.29) is 6.10 Å². The highest BCUT2D eigenvalue weighted by Crippen LogP contribution is 2.32. The van der Waals surface area contributed by atoms with Crippen molar-refractivity contribution in [1.29, 1.82) is 0 Å². The molecule has 0 saturated heterocycles. The lowest BCUT2D eigenvalue weighted by Crippen LogP contribution is -2.43. The highest BCUT2D eigenvalue weighted by Gasteiger charge is 2.40. The number of rotatable bonds is 2. The first-order chi connectivity index (χ1) is 6.44. The number of carbonyl (C=O) groups excluding carboxylic acids is 1. The molecule has 1 atom stereocenters. The molecule has 3 nitrogen and oxygen atoms in total. The van der Waals surface area contributed by atoms with Crippen molar-refractivity contribution in [3.63, 3.8) is 0 Å². The van der Waals surface area contributed by atoms with Gasteiger partial charge in [0.2, 0.25) is 0 Å². The van der Waals surface area contributed by atoms with E-state index >= 15 is 0 Å². The van der Waals surface area contributed by atoms with Crippen LogP contribution in [-0.2, 0) is 9.53 Å². The van der Waals surface area contributed by atoms with Crippen LogP contribution in [-0.4, -0.2) is 22.8 Å². The Hall–Kier alpha value is -0.830. The summed E-state index contributed by atoms with van der Waals surface area (Å²) >= 11 is 0. The van der Waals surface area contributed by atoms with Crippen molar-refractivity contribution in [3.8, 4) is 0 Å². The predicted molar refractivity (Wildman–Crippen MR) is 53.8 cm³/mol. The summed E-state index contributed by atoms with van der Waals surface area (Å²) in [6.07, 6.45) is 2.36. The van der Waals surface area contributed by atoms with E-state index in [2.05, 4.69) is 6.58 Å². The molecule has 1 rings (SSSR count). The van der Waals surface area contributed by atoms with Gasteiger partial charge >= 0.3 is 5.97 Å². The lowest BCUT2D eigenvalue weighted by molar-refractivity contribution is -0.171. The molecule has 1 N–H and O–H groups in total. The molecule has 80 valence electrons. The van der Waals surface area contributed by atoms with Crippen LogP contribution < -0.4 is 0 Å². The summed E-state index contributed by atoms with van der Waals surface area (Å²) in [6.45, 7) is 7.36. The zero-order chi connectivity index (χ0) is 10.8. The van der Waals surface area contributed by atoms with Crippen molar-refractivity contribution in [2.24, 2.45) is 0 Å². The number of carbonyl (C=O) groups is 1. The molecule has 0 aromatic heterocycles. The third-order valence-corrected chi connectivity index (χ3v) is 2.39. The quantitative estimate of drug-likeness (QED) is 0.543. The Labute approximate surface area is 84.8 Å². The molecular weight excluding hydrogens is 180 g/mol. The minimum atomic E-state index is -1.32. The predicted octanol–water partition coefficient (Wildman–Crippen LogP) is 1.80. The Balaban J connectivity index is 2.63. The van der Waals surface area contributed by atoms with Crippen molar-refractivity contribution in [1.82, 2.24) is 0 Å². The van der Waals surface area contributed by atoms with Gasteiger partial charge in [-0.15, -0.1) is 0 Å². The molecule has 1 fully saturated rings. The molecule has 1 unspecified atom stereocenters. The smallest absolute Gasteiger partial charge is 0.338 e. The maximum absolute atomic E-state index is 11.6. The van der Waals surface area contributed by atoms with E-state index in [9.17, 15) is 9.90 Å². The molecule has 0 radical (unpaired) electrons. The van der Waals surface area contributed by atoms with Crippen LogP contribution in [0.3, 0.4) is 0 Å². The summed E-state index contributed by atoms with van der Waals surface area (Å²) < 4.78 is 5.01. The average molecular weight is 198 g/mol. The van der Waals surface area contributed by atoms with Crippen molar-refractivity contribution < 1.29 is 14.6 Å². The van der Waals surface area contributed by atoms with Gasteiger partial charge in [-0.2, -0.15) is 0 Å². The topological polar surface area (TPSA) is 46.5 Å². The van der Waals surface area contributed by atoms with E-state index in [1.807, 2.05) is 0 Å². The minimum Gasteiger partial charge on any atom is -0.461 e. The van der Waals surface area contributed by atoms with E-state index in [0.717, 1.165) is 18.4 Å². The molecule has 0 aliphatic heterocycles. The Morgan fingerprint density at radius 2 is 2.29 bits per heavy atom. The highest BCUT2D eigenvalue weighted by molar-refractivity contribution is 5.80. The summed E-state index contributed by atoms with van der Waals surface area (Å²) in [7, 11) is 0. The van der Waals surface area contributed by atoms with Crippen molar-refractivity contribution in [2.75, 3.05) is 0 Å². The number of aliphatic hydroxyl groups is 1. The van der Waals surface area contributed by atoms with Crippen molar-refractivity contribution in [3.05, 3.63) is 12.2 Å². The highest BCUT2D eigenvalue weighted by atomic mass is 16.6. The zero-order valence-electron chi connectivity index (χ0n) is 8.88. The van der Waals surface area contributed by atoms with Crippen LogP contribution in [0.25, 0.3) is 0 Å². The summed E-state index contributed by atoms with van der Waals surface area (Å²) in [5.41, 5.74) is -0.390. The van der Waals surface area contributed by atoms with Crippen LogP contribution in [0, 0.1) is 0 Å². The molecule has 1 aliphatic rings. The number of hydrogen-bond acceptors (Lipinski definition) is 3. The van der Waals surface area contributed by atoms with Gasteiger partial charge in [0.25, 0.3) is 0 Å². The first-order valence-corrected chi connectivity index (χ1v) is 5.04. The van der Waals surface area contributed by atoms with E-state index in [1.165, 1.54) is 0 Å². The van der Waals surface area contributed by atoms with Crippen molar-refractivity contribution >= 4 is 5.97 Å². The molecule has 0 heterocycles. The SMILES string of the molecule is C=C1CCCC(O)(C(=O)OC(C)C)C1. The Kier molecular flexibility index (Phi) is 3.32. The van der Waals surface area contributed by atoms with Gasteiger partial charge in [0, 0.05) is 6.42 Å². The van der Waals surface area contributed by atoms with Crippen LogP contribution in [0.1, 0.15) is 39.5 Å². The van der Waals surface area contributed by atoms with Crippen LogP contribution in [0.2, 0.25) is 0 Å². The molecular formula is C11H18O3. The molecule has 0 spiro atoms. The Bertz CT molecular complexity index is 245. The van der Waals surface area contributed by atoms with Gasteiger partial charge < -0.3 is 9.84 Å². The van der Waals surface area contributed by atoms with Crippen LogP contribution in [0.4, 0.5) is 0 Å². The van der Waals surface area contributed by atoms with Crippen molar-refractivity contribution in [2.45, 2.75) is 51.2 Å². The first kappa shape index (κ1) is 11.2. The molecule has 0 aromatic rings. The standard InChI is InChI=1S/C11H18O3/c1-8(2)14-10(12)11(13)6-4-5-9(3)7-11/h8,13H,3-7H2,1-2H3. The molecule has 14 heavy (non-hydrogen) atoms. The normalized spacial score (nSPS) is 27.9. The molecule has 0 amide bonds. The van der Waals surface area contributed by atoms with E-state index in [1.54, 1.807) is 13.8 Å². The van der Waals surface area contributed by atoms with E-state index in [4.69, 9.17) is 4.74 Å². The summed E-state index contributed by atoms with van der Waals surface area (Å²) in [4.78, 5) is 11.6. The van der Waals surface area contributed by atoms with Gasteiger partial charge in [0.1, 0.15) is 0 Å². The minimum absolute atomic E-state index is 0.179. The summed E-state index contributed by atoms with van der Waals surface area (Å²) in [5.74, 6) is -0.506. The second kappa shape index (κ2) is 4.13. The van der Waals surface area contributed by atoms with Gasteiger partial charge in [-0.25, -0.2) is 4.79 Å². The molecule has 3 heteroatoms. The average Bonchev–Trinajstić information content (AvgIpc) is 2.02. The van der Waals surface area contributed by atoms with Crippen LogP contribution in [0.15, 0.2) is 12.2 Å². The van der Waals surface area contributed by atoms with Gasteiger partial charge in [-0.3, -0.25) is 0 Å². The molecule has 1 aliphatic carbocycles. The summed E-state index contributed by atoms with van der Waals surface area (Å²) in [6, 6.07) is 0. The molecule has 0 bridgehead atoms. The fraction of sp³-hybridized carbons (Fsp3) is 0.727. The van der Waals surface area contributed by atoms with Gasteiger partial charge in [-0.05, 0) is 33.1 Å². The Morgan fingerprint density at radius 1 is 1.64 bits per heavy atom. The molecule has 1 saturated carbocycles. The summed E-state index contributed by atoms with van der Waals surface area (Å²) in [5, 5.41) is 10.0. The monoisotopic (exact) mass is 198 g/mol. The Morgan fingerprint density at radius 3 is 2.79 bits per heavy atom. The van der Waals surface area contributed by atoms with Gasteiger partial charge in [0.05, 0.1) is 6.10 Å². The lowest BCUT2D eigenvalue weighted by atomic mass is 9.82. The van der Waals surface area contributed by atoms with Gasteiger partial charge in [-0.1, -0.05) is 12.2 Å². The maximum Gasteiger partial charge on any atom is 0.338 e. The third-order valence-electron chi connectivity index (χ3n) is 2.39. The number of hydrogen-bond donors (Lipinski definition) is 1. The lowest BCUT2D eigenvalue weighted by Gasteiger charge is -2.31. The second-order valence-electron chi connectivity index (χ2n) is 4.27. The maximum atomic E-state index is 11.6. The van der Waals surface area contributed by atoms with Crippen LogP contribution in [0.5, 0.6) is 0 Å². The van der Waals surface area contributed by atoms with Gasteiger partial charge in [0.15, 0.2) is 5.60 Å². The molecule has 0 aromatic carbocycles. The van der Waals surface area contributed by atoms with Crippen LogP contribution >= 0.6 is 0 Å². The fourth-order valence-electron chi connectivity index (χ4n) is 1.72.